The molecule has 1 atom stereocenters. The Morgan fingerprint density at radius 3 is 2.10 bits per heavy atom. The van der Waals surface area contributed by atoms with Crippen LogP contribution < -0.4 is 9.62 Å². The minimum Gasteiger partial charge on any atom is -0.378 e. The molecule has 0 aliphatic rings. The molecule has 0 aliphatic heterocycles. The van der Waals surface area contributed by atoms with E-state index in [2.05, 4.69) is 4.72 Å². The molecular formula is C15H27N3O2S. The van der Waals surface area contributed by atoms with Gasteiger partial charge >= 0.3 is 0 Å². The molecule has 0 saturated carbocycles. The largest absolute Gasteiger partial charge is 0.378 e. The Kier molecular flexibility index (Phi) is 6.64. The summed E-state index contributed by atoms with van der Waals surface area (Å²) in [5.74, 6) is 0.173. The number of hydrogen-bond acceptors (Lipinski definition) is 4. The lowest BCUT2D eigenvalue weighted by atomic mass is 10.1. The summed E-state index contributed by atoms with van der Waals surface area (Å²) in [6.45, 7) is 2.25. The van der Waals surface area contributed by atoms with E-state index in [9.17, 15) is 8.42 Å². The van der Waals surface area contributed by atoms with Crippen LogP contribution in [0.1, 0.15) is 24.9 Å². The van der Waals surface area contributed by atoms with Crippen molar-refractivity contribution in [3.8, 4) is 0 Å². The summed E-state index contributed by atoms with van der Waals surface area (Å²) in [5.41, 5.74) is 2.23. The summed E-state index contributed by atoms with van der Waals surface area (Å²) >= 11 is 0. The molecule has 0 aliphatic carbocycles. The SMILES string of the molecule is CCCS(=O)(=O)NC[C@H](c1ccc(N(C)C)cc1)N(C)C. The van der Waals surface area contributed by atoms with Crippen LogP contribution in [0.3, 0.4) is 0 Å². The topological polar surface area (TPSA) is 52.7 Å². The molecule has 5 nitrogen and oxygen atoms in total. The highest BCUT2D eigenvalue weighted by atomic mass is 32.2. The van der Waals surface area contributed by atoms with Crippen molar-refractivity contribution in [2.75, 3.05) is 45.4 Å². The van der Waals surface area contributed by atoms with Crippen molar-refractivity contribution in [2.45, 2.75) is 19.4 Å². The van der Waals surface area contributed by atoms with Crippen molar-refractivity contribution in [2.24, 2.45) is 0 Å². The fourth-order valence-electron chi connectivity index (χ4n) is 2.14. The summed E-state index contributed by atoms with van der Waals surface area (Å²) in [7, 11) is 4.73. The third-order valence-electron chi connectivity index (χ3n) is 3.39. The predicted molar refractivity (Wildman–Crippen MR) is 89.3 cm³/mol. The van der Waals surface area contributed by atoms with Gasteiger partial charge in [-0.25, -0.2) is 13.1 Å². The lowest BCUT2D eigenvalue weighted by molar-refractivity contribution is 0.299. The summed E-state index contributed by atoms with van der Waals surface area (Å²) < 4.78 is 26.3. The maximum absolute atomic E-state index is 11.8. The Labute approximate surface area is 129 Å². The smallest absolute Gasteiger partial charge is 0.211 e. The van der Waals surface area contributed by atoms with Crippen LogP contribution in [0.4, 0.5) is 5.69 Å². The van der Waals surface area contributed by atoms with E-state index in [0.717, 1.165) is 11.3 Å². The molecule has 21 heavy (non-hydrogen) atoms. The van der Waals surface area contributed by atoms with Gasteiger partial charge in [0.15, 0.2) is 0 Å². The summed E-state index contributed by atoms with van der Waals surface area (Å²) in [6, 6.07) is 8.22. The zero-order chi connectivity index (χ0) is 16.0. The highest BCUT2D eigenvalue weighted by molar-refractivity contribution is 7.89. The first kappa shape index (κ1) is 17.9. The van der Waals surface area contributed by atoms with Gasteiger partial charge in [0, 0.05) is 32.4 Å². The second-order valence-corrected chi connectivity index (χ2v) is 7.56. The molecule has 0 saturated heterocycles. The van der Waals surface area contributed by atoms with Crippen LogP contribution in [-0.4, -0.2) is 53.8 Å². The Morgan fingerprint density at radius 2 is 1.67 bits per heavy atom. The van der Waals surface area contributed by atoms with Gasteiger partial charge in [-0.15, -0.1) is 0 Å². The number of benzene rings is 1. The number of sulfonamides is 1. The average Bonchev–Trinajstić information content (AvgIpc) is 2.38. The molecule has 6 heteroatoms. The monoisotopic (exact) mass is 313 g/mol. The lowest BCUT2D eigenvalue weighted by Crippen LogP contribution is -2.35. The van der Waals surface area contributed by atoms with E-state index < -0.39 is 10.0 Å². The van der Waals surface area contributed by atoms with Crippen molar-refractivity contribution in [1.29, 1.82) is 0 Å². The number of rotatable bonds is 8. The third-order valence-corrected chi connectivity index (χ3v) is 4.94. The number of nitrogens with zero attached hydrogens (tertiary/aromatic N) is 2. The first-order valence-electron chi connectivity index (χ1n) is 7.18. The minimum atomic E-state index is -3.17. The van der Waals surface area contributed by atoms with E-state index in [-0.39, 0.29) is 11.8 Å². The molecule has 1 aromatic rings. The zero-order valence-electron chi connectivity index (χ0n) is 13.6. The Bertz CT molecular complexity index is 524. The molecular weight excluding hydrogens is 286 g/mol. The first-order chi connectivity index (χ1) is 9.76. The number of likely N-dealkylation sites (N-methyl/N-ethyl adjacent to an activating group) is 1. The van der Waals surface area contributed by atoms with Crippen LogP contribution in [0.15, 0.2) is 24.3 Å². The van der Waals surface area contributed by atoms with Gasteiger partial charge in [-0.3, -0.25) is 0 Å². The third kappa shape index (κ3) is 5.65. The zero-order valence-corrected chi connectivity index (χ0v) is 14.4. The van der Waals surface area contributed by atoms with Crippen molar-refractivity contribution >= 4 is 15.7 Å². The average molecular weight is 313 g/mol. The van der Waals surface area contributed by atoms with Crippen LogP contribution in [0.25, 0.3) is 0 Å². The van der Waals surface area contributed by atoms with Gasteiger partial charge in [0.2, 0.25) is 10.0 Å². The molecule has 120 valence electrons. The van der Waals surface area contributed by atoms with Crippen LogP contribution in [0, 0.1) is 0 Å². The molecule has 1 N–H and O–H groups in total. The Balaban J connectivity index is 2.82. The van der Waals surface area contributed by atoms with Gasteiger partial charge in [-0.05, 0) is 38.2 Å². The van der Waals surface area contributed by atoms with Gasteiger partial charge in [0.05, 0.1) is 5.75 Å². The maximum atomic E-state index is 11.8. The van der Waals surface area contributed by atoms with Crippen molar-refractivity contribution in [3.63, 3.8) is 0 Å². The second kappa shape index (κ2) is 7.77. The molecule has 0 bridgehead atoms. The van der Waals surface area contributed by atoms with Crippen LogP contribution in [-0.2, 0) is 10.0 Å². The van der Waals surface area contributed by atoms with E-state index in [4.69, 9.17) is 0 Å². The molecule has 0 spiro atoms. The highest BCUT2D eigenvalue weighted by Crippen LogP contribution is 2.21. The fraction of sp³-hybridized carbons (Fsp3) is 0.600. The van der Waals surface area contributed by atoms with Crippen molar-refractivity contribution in [3.05, 3.63) is 29.8 Å². The summed E-state index contributed by atoms with van der Waals surface area (Å²) in [4.78, 5) is 4.07. The van der Waals surface area contributed by atoms with E-state index in [0.29, 0.717) is 13.0 Å². The maximum Gasteiger partial charge on any atom is 0.211 e. The standard InChI is InChI=1S/C15H27N3O2S/c1-6-11-21(19,20)16-12-15(18(4)5)13-7-9-14(10-8-13)17(2)3/h7-10,15-16H,6,11-12H2,1-5H3/t15-/m1/s1. The minimum absolute atomic E-state index is 0.0212. The quantitative estimate of drug-likeness (QED) is 0.793. The van der Waals surface area contributed by atoms with Gasteiger partial charge in [-0.2, -0.15) is 0 Å². The lowest BCUT2D eigenvalue weighted by Gasteiger charge is -2.25. The predicted octanol–water partition coefficient (Wildman–Crippen LogP) is 1.68. The number of hydrogen-bond donors (Lipinski definition) is 1. The van der Waals surface area contributed by atoms with E-state index in [1.807, 2.05) is 69.2 Å². The normalized spacial score (nSPS) is 13.4. The fourth-order valence-corrected chi connectivity index (χ4v) is 3.23. The summed E-state index contributed by atoms with van der Waals surface area (Å²) in [6.07, 6.45) is 0.624. The second-order valence-electron chi connectivity index (χ2n) is 5.63. The Hall–Kier alpha value is -1.11. The van der Waals surface area contributed by atoms with Crippen LogP contribution in [0.5, 0.6) is 0 Å². The molecule has 0 amide bonds. The summed E-state index contributed by atoms with van der Waals surface area (Å²) in [5, 5.41) is 0. The van der Waals surface area contributed by atoms with Gasteiger partial charge in [0.1, 0.15) is 0 Å². The van der Waals surface area contributed by atoms with E-state index in [1.165, 1.54) is 0 Å². The number of nitrogens with one attached hydrogen (secondary N) is 1. The van der Waals surface area contributed by atoms with Crippen LogP contribution >= 0.6 is 0 Å². The molecule has 0 radical (unpaired) electrons. The van der Waals surface area contributed by atoms with Gasteiger partial charge in [-0.1, -0.05) is 19.1 Å². The highest BCUT2D eigenvalue weighted by Gasteiger charge is 2.17. The molecule has 1 rings (SSSR count). The molecule has 1 aromatic carbocycles. The van der Waals surface area contributed by atoms with Gasteiger partial charge < -0.3 is 9.80 Å². The van der Waals surface area contributed by atoms with Gasteiger partial charge in [0.25, 0.3) is 0 Å². The van der Waals surface area contributed by atoms with E-state index in [1.54, 1.807) is 0 Å². The molecule has 0 aromatic heterocycles. The van der Waals surface area contributed by atoms with E-state index >= 15 is 0 Å². The molecule has 0 unspecified atom stereocenters. The first-order valence-corrected chi connectivity index (χ1v) is 8.83. The van der Waals surface area contributed by atoms with Crippen molar-refractivity contribution < 1.29 is 8.42 Å². The van der Waals surface area contributed by atoms with Crippen molar-refractivity contribution in [1.82, 2.24) is 9.62 Å². The molecule has 0 heterocycles. The number of anilines is 1. The Morgan fingerprint density at radius 1 is 1.10 bits per heavy atom. The van der Waals surface area contributed by atoms with Crippen LogP contribution in [0.2, 0.25) is 0 Å². The molecule has 0 fully saturated rings.